The Morgan fingerprint density at radius 2 is 2.03 bits per heavy atom. The van der Waals surface area contributed by atoms with Crippen LogP contribution in [0.2, 0.25) is 4.34 Å². The van der Waals surface area contributed by atoms with Crippen LogP contribution < -0.4 is 10.3 Å². The number of ketones is 1. The second-order valence-corrected chi connectivity index (χ2v) is 11.5. The Hall–Kier alpha value is -2.13. The van der Waals surface area contributed by atoms with Gasteiger partial charge in [-0.15, -0.1) is 22.7 Å². The molecule has 5 nitrogen and oxygen atoms in total. The maximum absolute atomic E-state index is 13.9. The molecule has 0 bridgehead atoms. The Bertz CT molecular complexity index is 1410. The van der Waals surface area contributed by atoms with Crippen molar-refractivity contribution in [3.8, 4) is 11.4 Å². The van der Waals surface area contributed by atoms with E-state index in [0.717, 1.165) is 41.5 Å². The van der Waals surface area contributed by atoms with Crippen molar-refractivity contribution >= 4 is 62.0 Å². The molecule has 3 aromatic heterocycles. The molecule has 0 fully saturated rings. The first-order valence-electron chi connectivity index (χ1n) is 10.7. The number of thioether (sulfide) groups is 1. The summed E-state index contributed by atoms with van der Waals surface area (Å²) in [6.07, 6.45) is 5.32. The molecule has 0 unspecified atom stereocenters. The van der Waals surface area contributed by atoms with E-state index in [0.29, 0.717) is 25.8 Å². The summed E-state index contributed by atoms with van der Waals surface area (Å²) in [5.74, 6) is 0.790. The average Bonchev–Trinajstić information content (AvgIpc) is 3.33. The van der Waals surface area contributed by atoms with Crippen LogP contribution in [0.4, 0.5) is 0 Å². The Labute approximate surface area is 208 Å². The molecule has 1 aromatic carbocycles. The molecule has 3 heterocycles. The van der Waals surface area contributed by atoms with Crippen molar-refractivity contribution in [1.82, 2.24) is 9.55 Å². The van der Waals surface area contributed by atoms with Gasteiger partial charge in [-0.3, -0.25) is 14.2 Å². The van der Waals surface area contributed by atoms with Gasteiger partial charge in [0.2, 0.25) is 0 Å². The third-order valence-electron chi connectivity index (χ3n) is 5.70. The SMILES string of the molecule is COc1cccc(-n2c(SCC(=O)c3ccc(Cl)s3)nc3sc4c(c3c2=O)CCCCC4)c1. The number of carbonyl (C=O) groups is 1. The molecule has 0 saturated heterocycles. The lowest BCUT2D eigenvalue weighted by molar-refractivity contribution is 0.102. The van der Waals surface area contributed by atoms with Gasteiger partial charge in [-0.25, -0.2) is 4.98 Å². The molecule has 0 atom stereocenters. The zero-order valence-electron chi connectivity index (χ0n) is 17.9. The van der Waals surface area contributed by atoms with E-state index in [1.807, 2.05) is 24.3 Å². The highest BCUT2D eigenvalue weighted by molar-refractivity contribution is 7.99. The minimum atomic E-state index is -0.0817. The fraction of sp³-hybridized carbons (Fsp3) is 0.292. The van der Waals surface area contributed by atoms with E-state index >= 15 is 0 Å². The lowest BCUT2D eigenvalue weighted by atomic mass is 10.1. The van der Waals surface area contributed by atoms with E-state index in [4.69, 9.17) is 21.3 Å². The summed E-state index contributed by atoms with van der Waals surface area (Å²) < 4.78 is 7.60. The fourth-order valence-electron chi connectivity index (χ4n) is 4.10. The zero-order chi connectivity index (χ0) is 22.9. The molecular formula is C24H21ClN2O3S3. The van der Waals surface area contributed by atoms with Crippen molar-refractivity contribution < 1.29 is 9.53 Å². The number of fused-ring (bicyclic) bond motifs is 3. The molecule has 0 radical (unpaired) electrons. The van der Waals surface area contributed by atoms with Crippen LogP contribution in [0.25, 0.3) is 15.9 Å². The summed E-state index contributed by atoms with van der Waals surface area (Å²) in [5.41, 5.74) is 1.75. The minimum absolute atomic E-state index is 0.0367. The van der Waals surface area contributed by atoms with E-state index in [9.17, 15) is 9.59 Å². The van der Waals surface area contributed by atoms with Crippen molar-refractivity contribution in [3.05, 3.63) is 66.4 Å². The van der Waals surface area contributed by atoms with Crippen molar-refractivity contribution in [2.75, 3.05) is 12.9 Å². The molecular weight excluding hydrogens is 496 g/mol. The molecule has 33 heavy (non-hydrogen) atoms. The number of nitrogens with zero attached hydrogens (tertiary/aromatic N) is 2. The van der Waals surface area contributed by atoms with Crippen LogP contribution >= 0.6 is 46.0 Å². The zero-order valence-corrected chi connectivity index (χ0v) is 21.1. The van der Waals surface area contributed by atoms with E-state index in [-0.39, 0.29) is 17.1 Å². The summed E-state index contributed by atoms with van der Waals surface area (Å²) in [4.78, 5) is 34.2. The highest BCUT2D eigenvalue weighted by atomic mass is 35.5. The summed E-state index contributed by atoms with van der Waals surface area (Å²) >= 11 is 10.2. The first-order valence-corrected chi connectivity index (χ1v) is 13.7. The summed E-state index contributed by atoms with van der Waals surface area (Å²) in [5, 5.41) is 1.23. The van der Waals surface area contributed by atoms with Crippen molar-refractivity contribution in [2.45, 2.75) is 37.3 Å². The Balaban J connectivity index is 1.63. The number of hydrogen-bond donors (Lipinski definition) is 0. The summed E-state index contributed by atoms with van der Waals surface area (Å²) in [6, 6.07) is 10.8. The molecule has 0 amide bonds. The molecule has 1 aliphatic rings. The van der Waals surface area contributed by atoms with Crippen molar-refractivity contribution in [2.24, 2.45) is 0 Å². The maximum atomic E-state index is 13.9. The topological polar surface area (TPSA) is 61.2 Å². The first kappa shape index (κ1) is 22.7. The number of thiophene rings is 2. The lowest BCUT2D eigenvalue weighted by Crippen LogP contribution is -2.22. The van der Waals surface area contributed by atoms with Gasteiger partial charge in [-0.2, -0.15) is 0 Å². The van der Waals surface area contributed by atoms with Crippen LogP contribution in [-0.2, 0) is 12.8 Å². The predicted octanol–water partition coefficient (Wildman–Crippen LogP) is 6.41. The van der Waals surface area contributed by atoms with Crippen LogP contribution in [0, 0.1) is 0 Å². The molecule has 4 aromatic rings. The standard InChI is InChI=1S/C24H21ClN2O3S3/c1-30-15-7-5-6-14(12-15)27-23(29)21-16-8-3-2-4-9-18(16)33-22(21)26-24(27)31-13-17(28)19-10-11-20(25)32-19/h5-7,10-12H,2-4,8-9,13H2,1H3. The van der Waals surface area contributed by atoms with Crippen LogP contribution in [0.3, 0.4) is 0 Å². The Kier molecular flexibility index (Phi) is 6.60. The van der Waals surface area contributed by atoms with E-state index in [1.165, 1.54) is 34.4 Å². The minimum Gasteiger partial charge on any atom is -0.497 e. The quantitative estimate of drug-likeness (QED) is 0.128. The second kappa shape index (κ2) is 9.62. The molecule has 170 valence electrons. The monoisotopic (exact) mass is 516 g/mol. The van der Waals surface area contributed by atoms with Gasteiger partial charge in [0, 0.05) is 10.9 Å². The molecule has 5 rings (SSSR count). The number of aromatic nitrogens is 2. The van der Waals surface area contributed by atoms with Crippen molar-refractivity contribution in [1.29, 1.82) is 0 Å². The second-order valence-electron chi connectivity index (χ2n) is 7.80. The van der Waals surface area contributed by atoms with Crippen molar-refractivity contribution in [3.63, 3.8) is 0 Å². The number of methoxy groups -OCH3 is 1. The molecule has 1 aliphatic carbocycles. The maximum Gasteiger partial charge on any atom is 0.267 e. The number of carbonyl (C=O) groups excluding carboxylic acids is 1. The van der Waals surface area contributed by atoms with Gasteiger partial charge in [0.25, 0.3) is 5.56 Å². The lowest BCUT2D eigenvalue weighted by Gasteiger charge is -2.13. The number of hydrogen-bond acceptors (Lipinski definition) is 7. The van der Waals surface area contributed by atoms with Gasteiger partial charge in [0.1, 0.15) is 10.6 Å². The predicted molar refractivity (Wildman–Crippen MR) is 137 cm³/mol. The van der Waals surface area contributed by atoms with Crippen LogP contribution in [0.15, 0.2) is 46.3 Å². The van der Waals surface area contributed by atoms with Gasteiger partial charge in [-0.1, -0.05) is 35.9 Å². The fourth-order valence-corrected chi connectivity index (χ4v) is 7.37. The van der Waals surface area contributed by atoms with E-state index < -0.39 is 0 Å². The van der Waals surface area contributed by atoms with Crippen LogP contribution in [-0.4, -0.2) is 28.2 Å². The highest BCUT2D eigenvalue weighted by Crippen LogP contribution is 2.35. The normalized spacial score (nSPS) is 13.6. The van der Waals surface area contributed by atoms with Gasteiger partial charge >= 0.3 is 0 Å². The average molecular weight is 517 g/mol. The third-order valence-corrected chi connectivity index (χ3v) is 9.10. The number of benzene rings is 1. The Morgan fingerprint density at radius 1 is 1.18 bits per heavy atom. The van der Waals surface area contributed by atoms with Gasteiger partial charge in [0.05, 0.1) is 33.1 Å². The number of Topliss-reactive ketones (excluding diaryl/α,β-unsaturated/α-hetero) is 1. The van der Waals surface area contributed by atoms with Gasteiger partial charge in [0.15, 0.2) is 10.9 Å². The third kappa shape index (κ3) is 4.49. The molecule has 0 saturated carbocycles. The molecule has 9 heteroatoms. The van der Waals surface area contributed by atoms with Crippen LogP contribution in [0.5, 0.6) is 5.75 Å². The van der Waals surface area contributed by atoms with Gasteiger partial charge in [-0.05, 0) is 55.5 Å². The number of ether oxygens (including phenoxy) is 1. The molecule has 0 N–H and O–H groups in total. The molecule has 0 aliphatic heterocycles. The summed E-state index contributed by atoms with van der Waals surface area (Å²) in [6.45, 7) is 0. The molecule has 0 spiro atoms. The summed E-state index contributed by atoms with van der Waals surface area (Å²) in [7, 11) is 1.60. The first-order chi connectivity index (χ1) is 16.0. The Morgan fingerprint density at radius 3 is 2.82 bits per heavy atom. The highest BCUT2D eigenvalue weighted by Gasteiger charge is 2.23. The number of halogens is 1. The number of aryl methyl sites for hydroxylation is 2. The number of rotatable bonds is 6. The van der Waals surface area contributed by atoms with Gasteiger partial charge < -0.3 is 4.74 Å². The van der Waals surface area contributed by atoms with E-state index in [1.54, 1.807) is 35.1 Å². The smallest absolute Gasteiger partial charge is 0.267 e. The van der Waals surface area contributed by atoms with E-state index in [2.05, 4.69) is 0 Å². The van der Waals surface area contributed by atoms with Crippen LogP contribution in [0.1, 0.15) is 39.4 Å². The largest absolute Gasteiger partial charge is 0.497 e.